The van der Waals surface area contributed by atoms with Gasteiger partial charge in [-0.15, -0.1) is 0 Å². The largest absolute Gasteiger partial charge is 0.380 e. The van der Waals surface area contributed by atoms with E-state index >= 15 is 0 Å². The summed E-state index contributed by atoms with van der Waals surface area (Å²) in [7, 11) is 0. The minimum atomic E-state index is -0.531. The lowest BCUT2D eigenvalue weighted by molar-refractivity contribution is 0.0949. The fourth-order valence-electron chi connectivity index (χ4n) is 3.50. The second-order valence-corrected chi connectivity index (χ2v) is 7.84. The van der Waals surface area contributed by atoms with Crippen LogP contribution in [0.5, 0.6) is 0 Å². The number of nitrogens with two attached hydrogens (primary N) is 1. The average molecular weight is 452 g/mol. The fourth-order valence-corrected chi connectivity index (χ4v) is 3.50. The van der Waals surface area contributed by atoms with Gasteiger partial charge in [0, 0.05) is 49.4 Å². The monoisotopic (exact) mass is 451 g/mol. The summed E-state index contributed by atoms with van der Waals surface area (Å²) in [4.78, 5) is 32.7. The smallest absolute Gasteiger partial charge is 0.252 e. The number of rotatable bonds is 9. The molecule has 2 aromatic carbocycles. The third-order valence-electron chi connectivity index (χ3n) is 5.36. The third kappa shape index (κ3) is 6.04. The number of amides is 2. The predicted molar refractivity (Wildman–Crippen MR) is 131 cm³/mol. The highest BCUT2D eigenvalue weighted by atomic mass is 16.2. The Morgan fingerprint density at radius 2 is 1.53 bits per heavy atom. The molecule has 0 aliphatic carbocycles. The van der Waals surface area contributed by atoms with Crippen molar-refractivity contribution in [3.8, 4) is 0 Å². The number of carbonyl (C=O) groups excluding carboxylic acids is 2. The standard InChI is InChI=1S/C27H25N5O2/c28-26(33)24-18-30-23(15-25(24)31-16-20-4-2-1-3-5-20)14-19-6-8-22(9-7-19)27(34)32-17-21-10-12-29-13-11-21/h1-13,15,18H,14,16-17H2,(H2,28,33)(H,30,31)(H,32,34). The molecule has 170 valence electrons. The number of anilines is 1. The molecule has 0 unspecified atom stereocenters. The first-order valence-electron chi connectivity index (χ1n) is 10.9. The van der Waals surface area contributed by atoms with Crippen LogP contribution in [0.3, 0.4) is 0 Å². The number of aromatic nitrogens is 2. The van der Waals surface area contributed by atoms with Crippen molar-refractivity contribution in [1.82, 2.24) is 15.3 Å². The molecule has 0 aliphatic heterocycles. The Morgan fingerprint density at radius 1 is 0.824 bits per heavy atom. The van der Waals surface area contributed by atoms with Gasteiger partial charge in [-0.05, 0) is 47.0 Å². The minimum absolute atomic E-state index is 0.139. The number of primary amides is 1. The SMILES string of the molecule is NC(=O)c1cnc(Cc2ccc(C(=O)NCc3ccncc3)cc2)cc1NCc1ccccc1. The Hall–Kier alpha value is -4.52. The van der Waals surface area contributed by atoms with E-state index in [0.29, 0.717) is 36.3 Å². The number of hydrogen-bond donors (Lipinski definition) is 3. The van der Waals surface area contributed by atoms with Gasteiger partial charge in [-0.1, -0.05) is 42.5 Å². The van der Waals surface area contributed by atoms with Crippen LogP contribution in [0.25, 0.3) is 0 Å². The Balaban J connectivity index is 1.41. The molecule has 0 radical (unpaired) electrons. The van der Waals surface area contributed by atoms with Gasteiger partial charge in [-0.3, -0.25) is 19.6 Å². The Labute approximate surface area is 198 Å². The molecule has 2 heterocycles. The highest BCUT2D eigenvalue weighted by Gasteiger charge is 2.11. The molecule has 0 spiro atoms. The van der Waals surface area contributed by atoms with E-state index in [2.05, 4.69) is 20.6 Å². The van der Waals surface area contributed by atoms with Gasteiger partial charge < -0.3 is 16.4 Å². The molecule has 4 aromatic rings. The number of benzene rings is 2. The van der Waals surface area contributed by atoms with Crippen LogP contribution in [0.4, 0.5) is 5.69 Å². The van der Waals surface area contributed by atoms with Crippen molar-refractivity contribution in [2.45, 2.75) is 19.5 Å². The second-order valence-electron chi connectivity index (χ2n) is 7.84. The van der Waals surface area contributed by atoms with Crippen LogP contribution >= 0.6 is 0 Å². The molecular weight excluding hydrogens is 426 g/mol. The lowest BCUT2D eigenvalue weighted by Gasteiger charge is -2.12. The van der Waals surface area contributed by atoms with E-state index in [9.17, 15) is 9.59 Å². The molecule has 0 fully saturated rings. The van der Waals surface area contributed by atoms with Crippen molar-refractivity contribution in [2.24, 2.45) is 5.73 Å². The lowest BCUT2D eigenvalue weighted by atomic mass is 10.0. The molecule has 0 saturated heterocycles. The molecule has 0 bridgehead atoms. The zero-order valence-electron chi connectivity index (χ0n) is 18.6. The average Bonchev–Trinajstić information content (AvgIpc) is 2.87. The third-order valence-corrected chi connectivity index (χ3v) is 5.36. The van der Waals surface area contributed by atoms with Gasteiger partial charge >= 0.3 is 0 Å². The van der Waals surface area contributed by atoms with E-state index < -0.39 is 5.91 Å². The first kappa shape index (κ1) is 22.7. The zero-order valence-corrected chi connectivity index (χ0v) is 18.6. The minimum Gasteiger partial charge on any atom is -0.380 e. The van der Waals surface area contributed by atoms with Gasteiger partial charge in [-0.2, -0.15) is 0 Å². The van der Waals surface area contributed by atoms with Crippen molar-refractivity contribution in [1.29, 1.82) is 0 Å². The Morgan fingerprint density at radius 3 is 2.24 bits per heavy atom. The topological polar surface area (TPSA) is 110 Å². The summed E-state index contributed by atoms with van der Waals surface area (Å²) in [5.74, 6) is -0.670. The summed E-state index contributed by atoms with van der Waals surface area (Å²) < 4.78 is 0. The van der Waals surface area contributed by atoms with Gasteiger partial charge in [0.25, 0.3) is 11.8 Å². The Kier molecular flexibility index (Phi) is 7.25. The van der Waals surface area contributed by atoms with Crippen LogP contribution < -0.4 is 16.4 Å². The second kappa shape index (κ2) is 10.9. The van der Waals surface area contributed by atoms with E-state index in [1.807, 2.05) is 60.7 Å². The molecule has 4 rings (SSSR count). The molecule has 2 aromatic heterocycles. The molecule has 0 aliphatic rings. The van der Waals surface area contributed by atoms with Crippen molar-refractivity contribution in [2.75, 3.05) is 5.32 Å². The lowest BCUT2D eigenvalue weighted by Crippen LogP contribution is -2.22. The molecule has 2 amide bonds. The number of carbonyl (C=O) groups is 2. The number of pyridine rings is 2. The van der Waals surface area contributed by atoms with E-state index in [4.69, 9.17) is 5.73 Å². The van der Waals surface area contributed by atoms with Crippen molar-refractivity contribution >= 4 is 17.5 Å². The van der Waals surface area contributed by atoms with Crippen LogP contribution in [0, 0.1) is 0 Å². The summed E-state index contributed by atoms with van der Waals surface area (Å²) in [6.45, 7) is 1.01. The molecule has 7 heteroatoms. The molecule has 0 saturated carbocycles. The molecule has 4 N–H and O–H groups in total. The van der Waals surface area contributed by atoms with Crippen LogP contribution in [-0.4, -0.2) is 21.8 Å². The van der Waals surface area contributed by atoms with Crippen molar-refractivity contribution in [3.05, 3.63) is 125 Å². The zero-order chi connectivity index (χ0) is 23.8. The maximum atomic E-state index is 12.4. The van der Waals surface area contributed by atoms with Gasteiger partial charge in [0.1, 0.15) is 0 Å². The maximum absolute atomic E-state index is 12.4. The highest BCUT2D eigenvalue weighted by molar-refractivity contribution is 5.98. The number of nitrogens with one attached hydrogen (secondary N) is 2. The highest BCUT2D eigenvalue weighted by Crippen LogP contribution is 2.19. The van der Waals surface area contributed by atoms with Gasteiger partial charge in [0.05, 0.1) is 11.3 Å². The first-order chi connectivity index (χ1) is 16.6. The summed E-state index contributed by atoms with van der Waals surface area (Å²) >= 11 is 0. The summed E-state index contributed by atoms with van der Waals surface area (Å²) in [5, 5.41) is 6.20. The maximum Gasteiger partial charge on any atom is 0.252 e. The van der Waals surface area contributed by atoms with Gasteiger partial charge in [0.15, 0.2) is 0 Å². The van der Waals surface area contributed by atoms with E-state index in [-0.39, 0.29) is 5.91 Å². The summed E-state index contributed by atoms with van der Waals surface area (Å²) in [5.41, 5.74) is 11.0. The molecule has 34 heavy (non-hydrogen) atoms. The molecular formula is C27H25N5O2. The summed E-state index contributed by atoms with van der Waals surface area (Å²) in [6, 6.07) is 22.9. The van der Waals surface area contributed by atoms with E-state index in [0.717, 1.165) is 22.4 Å². The van der Waals surface area contributed by atoms with Crippen LogP contribution in [0.2, 0.25) is 0 Å². The van der Waals surface area contributed by atoms with Crippen LogP contribution in [-0.2, 0) is 19.5 Å². The van der Waals surface area contributed by atoms with E-state index in [1.165, 1.54) is 6.20 Å². The van der Waals surface area contributed by atoms with Gasteiger partial charge in [-0.25, -0.2) is 0 Å². The van der Waals surface area contributed by atoms with Crippen molar-refractivity contribution < 1.29 is 9.59 Å². The van der Waals surface area contributed by atoms with E-state index in [1.54, 1.807) is 24.5 Å². The molecule has 7 nitrogen and oxygen atoms in total. The first-order valence-corrected chi connectivity index (χ1v) is 10.9. The normalized spacial score (nSPS) is 10.5. The quantitative estimate of drug-likeness (QED) is 0.359. The van der Waals surface area contributed by atoms with Crippen LogP contribution in [0.15, 0.2) is 91.4 Å². The van der Waals surface area contributed by atoms with Crippen molar-refractivity contribution in [3.63, 3.8) is 0 Å². The molecule has 0 atom stereocenters. The van der Waals surface area contributed by atoms with Crippen LogP contribution in [0.1, 0.15) is 43.1 Å². The van der Waals surface area contributed by atoms with Gasteiger partial charge in [0.2, 0.25) is 0 Å². The fraction of sp³-hybridized carbons (Fsp3) is 0.111. The number of nitrogens with zero attached hydrogens (tertiary/aromatic N) is 2. The predicted octanol–water partition coefficient (Wildman–Crippen LogP) is 3.71. The number of hydrogen-bond acceptors (Lipinski definition) is 5. The summed E-state index contributed by atoms with van der Waals surface area (Å²) in [6.07, 6.45) is 5.45. The Bertz CT molecular complexity index is 1260.